The largest absolute Gasteiger partial charge is 0.382 e. The van der Waals surface area contributed by atoms with Crippen LogP contribution in [0.25, 0.3) is 5.69 Å². The van der Waals surface area contributed by atoms with Gasteiger partial charge in [0.15, 0.2) is 5.82 Å². The number of nitrogen functional groups attached to an aromatic ring is 1. The first kappa shape index (κ1) is 11.6. The summed E-state index contributed by atoms with van der Waals surface area (Å²) in [5.41, 5.74) is 9.21. The third kappa shape index (κ3) is 1.89. The Kier molecular flexibility index (Phi) is 3.01. The highest BCUT2D eigenvalue weighted by Crippen LogP contribution is 2.26. The number of nitrogens with two attached hydrogens (primary N) is 1. The van der Waals surface area contributed by atoms with Gasteiger partial charge in [-0.25, -0.2) is 4.68 Å². The first-order valence-electron chi connectivity index (χ1n) is 5.88. The minimum Gasteiger partial charge on any atom is -0.382 e. The second kappa shape index (κ2) is 4.66. The molecular weight excluding hydrogens is 246 g/mol. The zero-order valence-corrected chi connectivity index (χ0v) is 11.0. The van der Waals surface area contributed by atoms with Gasteiger partial charge in [0, 0.05) is 16.9 Å². The smallest absolute Gasteiger partial charge is 0.151 e. The van der Waals surface area contributed by atoms with Crippen LogP contribution in [0, 0.1) is 0 Å². The molecule has 1 aromatic carbocycles. The molecule has 2 heterocycles. The highest BCUT2D eigenvalue weighted by Gasteiger charge is 2.20. The number of hydrogen-bond acceptors (Lipinski definition) is 4. The predicted molar refractivity (Wildman–Crippen MR) is 73.1 cm³/mol. The summed E-state index contributed by atoms with van der Waals surface area (Å²) in [6.07, 6.45) is 2.93. The summed E-state index contributed by atoms with van der Waals surface area (Å²) in [7, 11) is 0. The number of fused-ring (bicyclic) bond motifs is 1. The van der Waals surface area contributed by atoms with E-state index in [0.717, 1.165) is 24.3 Å². The Morgan fingerprint density at radius 2 is 2.11 bits per heavy atom. The quantitative estimate of drug-likeness (QED) is 0.842. The summed E-state index contributed by atoms with van der Waals surface area (Å²) in [5, 5.41) is 4.43. The Labute approximate surface area is 110 Å². The second-order valence-corrected chi connectivity index (χ2v) is 5.10. The maximum absolute atomic E-state index is 5.94. The molecule has 0 unspecified atom stereocenters. The molecule has 5 heteroatoms. The van der Waals surface area contributed by atoms with Gasteiger partial charge < -0.3 is 10.5 Å². The van der Waals surface area contributed by atoms with Crippen LogP contribution in [0.15, 0.2) is 29.2 Å². The first-order valence-corrected chi connectivity index (χ1v) is 7.10. The van der Waals surface area contributed by atoms with E-state index >= 15 is 0 Å². The Hall–Kier alpha value is -1.46. The number of ether oxygens (including phenoxy) is 1. The van der Waals surface area contributed by atoms with Crippen LogP contribution in [0.4, 0.5) is 5.82 Å². The Balaban J connectivity index is 2.05. The fourth-order valence-electron chi connectivity index (χ4n) is 2.20. The Bertz CT molecular complexity index is 562. The lowest BCUT2D eigenvalue weighted by Gasteiger charge is -2.14. The fraction of sp³-hybridized carbons (Fsp3) is 0.308. The lowest BCUT2D eigenvalue weighted by molar-refractivity contribution is 0.110. The molecule has 0 amide bonds. The molecule has 1 aliphatic rings. The Morgan fingerprint density at radius 3 is 2.83 bits per heavy atom. The van der Waals surface area contributed by atoms with Crippen molar-refractivity contribution in [3.63, 3.8) is 0 Å². The van der Waals surface area contributed by atoms with E-state index < -0.39 is 0 Å². The standard InChI is InChI=1S/C13H15N3OS/c1-18-10-4-2-9(3-5-10)16-12-6-7-17-8-11(12)13(14)15-16/h2-5H,6-8H2,1H3,(H2,14,15). The lowest BCUT2D eigenvalue weighted by atomic mass is 10.1. The second-order valence-electron chi connectivity index (χ2n) is 4.22. The van der Waals surface area contributed by atoms with Crippen molar-refractivity contribution in [3.05, 3.63) is 35.5 Å². The van der Waals surface area contributed by atoms with Crippen LogP contribution in [0.5, 0.6) is 0 Å². The van der Waals surface area contributed by atoms with E-state index in [4.69, 9.17) is 10.5 Å². The normalized spacial score (nSPS) is 14.5. The average Bonchev–Trinajstić information content (AvgIpc) is 2.77. The van der Waals surface area contributed by atoms with Crippen molar-refractivity contribution in [1.82, 2.24) is 9.78 Å². The van der Waals surface area contributed by atoms with Crippen molar-refractivity contribution < 1.29 is 4.74 Å². The van der Waals surface area contributed by atoms with Gasteiger partial charge in [0.05, 0.1) is 24.6 Å². The number of aromatic nitrogens is 2. The number of nitrogens with zero attached hydrogens (tertiary/aromatic N) is 2. The Morgan fingerprint density at radius 1 is 1.33 bits per heavy atom. The van der Waals surface area contributed by atoms with Crippen molar-refractivity contribution >= 4 is 17.6 Å². The van der Waals surface area contributed by atoms with Crippen molar-refractivity contribution in [3.8, 4) is 5.69 Å². The zero-order valence-electron chi connectivity index (χ0n) is 10.2. The predicted octanol–water partition coefficient (Wildman–Crippen LogP) is 2.25. The monoisotopic (exact) mass is 261 g/mol. The summed E-state index contributed by atoms with van der Waals surface area (Å²) in [6.45, 7) is 1.31. The van der Waals surface area contributed by atoms with Gasteiger partial charge in [0.25, 0.3) is 0 Å². The van der Waals surface area contributed by atoms with Crippen LogP contribution in [0.2, 0.25) is 0 Å². The summed E-state index contributed by atoms with van der Waals surface area (Å²) < 4.78 is 7.37. The maximum atomic E-state index is 5.94. The number of benzene rings is 1. The number of rotatable bonds is 2. The number of thioether (sulfide) groups is 1. The van der Waals surface area contributed by atoms with E-state index in [1.807, 2.05) is 4.68 Å². The number of hydrogen-bond donors (Lipinski definition) is 1. The van der Waals surface area contributed by atoms with Gasteiger partial charge >= 0.3 is 0 Å². The van der Waals surface area contributed by atoms with Gasteiger partial charge in [-0.1, -0.05) is 0 Å². The van der Waals surface area contributed by atoms with Gasteiger partial charge in [-0.05, 0) is 30.5 Å². The van der Waals surface area contributed by atoms with E-state index in [0.29, 0.717) is 12.4 Å². The van der Waals surface area contributed by atoms with Gasteiger partial charge in [-0.2, -0.15) is 5.10 Å². The highest BCUT2D eigenvalue weighted by molar-refractivity contribution is 7.98. The molecule has 0 aliphatic carbocycles. The third-order valence-electron chi connectivity index (χ3n) is 3.17. The molecule has 1 aliphatic heterocycles. The SMILES string of the molecule is CSc1ccc(-n2nc(N)c3c2CCOC3)cc1. The topological polar surface area (TPSA) is 53.1 Å². The van der Waals surface area contributed by atoms with Gasteiger partial charge in [-0.3, -0.25) is 0 Å². The minimum absolute atomic E-state index is 0.573. The third-order valence-corrected chi connectivity index (χ3v) is 3.91. The molecule has 0 saturated carbocycles. The van der Waals surface area contributed by atoms with Crippen molar-refractivity contribution in [2.24, 2.45) is 0 Å². The van der Waals surface area contributed by atoms with Crippen molar-refractivity contribution in [2.75, 3.05) is 18.6 Å². The molecule has 0 saturated heterocycles. The van der Waals surface area contributed by atoms with Gasteiger partial charge in [0.1, 0.15) is 0 Å². The van der Waals surface area contributed by atoms with Gasteiger partial charge in [0.2, 0.25) is 0 Å². The van der Waals surface area contributed by atoms with Crippen LogP contribution in [0.3, 0.4) is 0 Å². The highest BCUT2D eigenvalue weighted by atomic mass is 32.2. The number of anilines is 1. The summed E-state index contributed by atoms with van der Waals surface area (Å²) in [4.78, 5) is 1.25. The molecule has 94 valence electrons. The van der Waals surface area contributed by atoms with Crippen molar-refractivity contribution in [1.29, 1.82) is 0 Å². The van der Waals surface area contributed by atoms with Gasteiger partial charge in [-0.15, -0.1) is 11.8 Å². The molecule has 3 rings (SSSR count). The van der Waals surface area contributed by atoms with E-state index in [1.165, 1.54) is 10.6 Å². The molecular formula is C13H15N3OS. The molecule has 18 heavy (non-hydrogen) atoms. The van der Waals surface area contributed by atoms with E-state index in [1.54, 1.807) is 11.8 Å². The summed E-state index contributed by atoms with van der Waals surface area (Å²) >= 11 is 1.73. The summed E-state index contributed by atoms with van der Waals surface area (Å²) in [6, 6.07) is 8.36. The van der Waals surface area contributed by atoms with Crippen molar-refractivity contribution in [2.45, 2.75) is 17.9 Å². The van der Waals surface area contributed by atoms with E-state index in [9.17, 15) is 0 Å². The van der Waals surface area contributed by atoms with Crippen LogP contribution < -0.4 is 5.73 Å². The molecule has 0 spiro atoms. The molecule has 2 aromatic rings. The van der Waals surface area contributed by atoms with Crippen LogP contribution >= 0.6 is 11.8 Å². The molecule has 0 atom stereocenters. The molecule has 2 N–H and O–H groups in total. The molecule has 0 radical (unpaired) electrons. The van der Waals surface area contributed by atoms with E-state index in [-0.39, 0.29) is 0 Å². The van der Waals surface area contributed by atoms with Crippen LogP contribution in [0.1, 0.15) is 11.3 Å². The first-order chi connectivity index (χ1) is 8.79. The maximum Gasteiger partial charge on any atom is 0.151 e. The molecule has 0 fully saturated rings. The molecule has 4 nitrogen and oxygen atoms in total. The average molecular weight is 261 g/mol. The summed E-state index contributed by atoms with van der Waals surface area (Å²) in [5.74, 6) is 0.582. The minimum atomic E-state index is 0.573. The van der Waals surface area contributed by atoms with Crippen LogP contribution in [-0.2, 0) is 17.8 Å². The molecule has 1 aromatic heterocycles. The molecule has 0 bridgehead atoms. The van der Waals surface area contributed by atoms with E-state index in [2.05, 4.69) is 35.6 Å². The van der Waals surface area contributed by atoms with Crippen LogP contribution in [-0.4, -0.2) is 22.6 Å². The fourth-order valence-corrected chi connectivity index (χ4v) is 2.61. The lowest BCUT2D eigenvalue weighted by Crippen LogP contribution is -2.13. The zero-order chi connectivity index (χ0) is 12.5.